The molecule has 156 valence electrons. The smallest absolute Gasteiger partial charge is 0.238 e. The highest BCUT2D eigenvalue weighted by atomic mass is 19.1. The fraction of sp³-hybridized carbons (Fsp3) is 0.227. The Labute approximate surface area is 175 Å². The third-order valence-corrected chi connectivity index (χ3v) is 4.21. The average Bonchev–Trinajstić information content (AvgIpc) is 2.73. The third kappa shape index (κ3) is 5.74. The molecule has 0 aliphatic rings. The number of hydrogen-bond acceptors (Lipinski definition) is 6. The molecule has 2 aromatic carbocycles. The zero-order valence-electron chi connectivity index (χ0n) is 17.0. The normalized spacial score (nSPS) is 10.5. The van der Waals surface area contributed by atoms with Gasteiger partial charge in [-0.1, -0.05) is 25.1 Å². The van der Waals surface area contributed by atoms with Crippen LogP contribution in [0.15, 0.2) is 54.7 Å². The molecule has 3 rings (SSSR count). The second-order valence-electron chi connectivity index (χ2n) is 6.68. The van der Waals surface area contributed by atoms with E-state index in [1.165, 1.54) is 12.1 Å². The number of aromatic nitrogens is 2. The largest absolute Gasteiger partial charge is 0.369 e. The number of benzene rings is 2. The summed E-state index contributed by atoms with van der Waals surface area (Å²) in [5.74, 6) is 0.564. The maximum absolute atomic E-state index is 13.5. The number of nitrogens with zero attached hydrogens (tertiary/aromatic N) is 2. The van der Waals surface area contributed by atoms with Crippen molar-refractivity contribution in [3.05, 3.63) is 60.5 Å². The number of halogens is 1. The Morgan fingerprint density at radius 1 is 1.10 bits per heavy atom. The van der Waals surface area contributed by atoms with E-state index in [9.17, 15) is 9.18 Å². The van der Waals surface area contributed by atoms with Crippen molar-refractivity contribution in [2.45, 2.75) is 13.3 Å². The van der Waals surface area contributed by atoms with E-state index < -0.39 is 0 Å². The van der Waals surface area contributed by atoms with E-state index in [1.54, 1.807) is 25.4 Å². The Bertz CT molecular complexity index is 1010. The fourth-order valence-corrected chi connectivity index (χ4v) is 2.86. The second kappa shape index (κ2) is 10.3. The number of anilines is 4. The van der Waals surface area contributed by atoms with Crippen molar-refractivity contribution in [3.8, 4) is 11.1 Å². The van der Waals surface area contributed by atoms with Gasteiger partial charge in [-0.05, 0) is 49.4 Å². The highest BCUT2D eigenvalue weighted by Crippen LogP contribution is 2.29. The molecule has 0 fully saturated rings. The quantitative estimate of drug-likeness (QED) is 0.428. The van der Waals surface area contributed by atoms with E-state index in [2.05, 4.69) is 38.2 Å². The average molecular weight is 408 g/mol. The molecule has 0 radical (unpaired) electrons. The van der Waals surface area contributed by atoms with Gasteiger partial charge in [0.15, 0.2) is 0 Å². The van der Waals surface area contributed by atoms with Crippen molar-refractivity contribution in [2.75, 3.05) is 36.1 Å². The predicted molar refractivity (Wildman–Crippen MR) is 118 cm³/mol. The molecule has 0 aliphatic carbocycles. The van der Waals surface area contributed by atoms with E-state index in [0.717, 1.165) is 24.1 Å². The van der Waals surface area contributed by atoms with Gasteiger partial charge in [0.2, 0.25) is 11.9 Å². The molecular formula is C22H25FN6O. The zero-order chi connectivity index (χ0) is 21.3. The molecular weight excluding hydrogens is 383 g/mol. The standard InChI is InChI=1S/C22H25FN6O/c1-3-10-25-21-19(15-6-4-8-17(11-15)27-20(30)14-24-2)13-26-22(29-21)28-18-9-5-7-16(23)12-18/h4-9,11-13,24H,3,10,14H2,1-2H3,(H,27,30)(H2,25,26,28,29). The maximum Gasteiger partial charge on any atom is 0.238 e. The monoisotopic (exact) mass is 408 g/mol. The fourth-order valence-electron chi connectivity index (χ4n) is 2.86. The molecule has 0 aliphatic heterocycles. The number of carbonyl (C=O) groups is 1. The molecule has 0 atom stereocenters. The molecule has 8 heteroatoms. The molecule has 4 N–H and O–H groups in total. The highest BCUT2D eigenvalue weighted by molar-refractivity contribution is 5.93. The minimum absolute atomic E-state index is 0.120. The Morgan fingerprint density at radius 3 is 2.67 bits per heavy atom. The lowest BCUT2D eigenvalue weighted by atomic mass is 10.1. The molecule has 3 aromatic rings. The first kappa shape index (κ1) is 21.2. The van der Waals surface area contributed by atoms with Crippen LogP contribution in [0.5, 0.6) is 0 Å². The topological polar surface area (TPSA) is 91.0 Å². The summed E-state index contributed by atoms with van der Waals surface area (Å²) < 4.78 is 13.5. The highest BCUT2D eigenvalue weighted by Gasteiger charge is 2.11. The van der Waals surface area contributed by atoms with Crippen molar-refractivity contribution in [2.24, 2.45) is 0 Å². The van der Waals surface area contributed by atoms with E-state index >= 15 is 0 Å². The van der Waals surface area contributed by atoms with Crippen LogP contribution in [-0.2, 0) is 4.79 Å². The van der Waals surface area contributed by atoms with Crippen LogP contribution in [0.1, 0.15) is 13.3 Å². The molecule has 7 nitrogen and oxygen atoms in total. The van der Waals surface area contributed by atoms with Gasteiger partial charge in [0.05, 0.1) is 6.54 Å². The molecule has 0 spiro atoms. The molecule has 0 saturated carbocycles. The molecule has 1 amide bonds. The summed E-state index contributed by atoms with van der Waals surface area (Å²) in [4.78, 5) is 20.8. The van der Waals surface area contributed by atoms with Crippen LogP contribution < -0.4 is 21.3 Å². The number of rotatable bonds is 9. The van der Waals surface area contributed by atoms with Crippen LogP contribution in [0.4, 0.5) is 27.5 Å². The number of nitrogens with one attached hydrogen (secondary N) is 4. The van der Waals surface area contributed by atoms with Crippen LogP contribution in [-0.4, -0.2) is 36.0 Å². The van der Waals surface area contributed by atoms with E-state index in [0.29, 0.717) is 23.1 Å². The van der Waals surface area contributed by atoms with Crippen molar-refractivity contribution in [3.63, 3.8) is 0 Å². The third-order valence-electron chi connectivity index (χ3n) is 4.21. The van der Waals surface area contributed by atoms with Crippen LogP contribution in [0.2, 0.25) is 0 Å². The van der Waals surface area contributed by atoms with Crippen molar-refractivity contribution in [1.29, 1.82) is 0 Å². The van der Waals surface area contributed by atoms with Crippen LogP contribution in [0.25, 0.3) is 11.1 Å². The van der Waals surface area contributed by atoms with Gasteiger partial charge < -0.3 is 21.3 Å². The summed E-state index contributed by atoms with van der Waals surface area (Å²) in [7, 11) is 1.72. The SMILES string of the molecule is CCCNc1nc(Nc2cccc(F)c2)ncc1-c1cccc(NC(=O)CNC)c1. The summed E-state index contributed by atoms with van der Waals surface area (Å²) in [6.45, 7) is 3.04. The van der Waals surface area contributed by atoms with Crippen LogP contribution >= 0.6 is 0 Å². The molecule has 0 saturated heterocycles. The summed E-state index contributed by atoms with van der Waals surface area (Å²) >= 11 is 0. The summed E-state index contributed by atoms with van der Waals surface area (Å²) in [5, 5.41) is 12.0. The van der Waals surface area contributed by atoms with Gasteiger partial charge in [-0.2, -0.15) is 4.98 Å². The van der Waals surface area contributed by atoms with Crippen LogP contribution in [0, 0.1) is 5.82 Å². The van der Waals surface area contributed by atoms with Gasteiger partial charge in [0.1, 0.15) is 11.6 Å². The Kier molecular flexibility index (Phi) is 7.29. The number of likely N-dealkylation sites (N-methyl/N-ethyl adjacent to an activating group) is 1. The zero-order valence-corrected chi connectivity index (χ0v) is 17.0. The van der Waals surface area contributed by atoms with E-state index in [-0.39, 0.29) is 18.3 Å². The summed E-state index contributed by atoms with van der Waals surface area (Å²) in [5.41, 5.74) is 2.93. The lowest BCUT2D eigenvalue weighted by Crippen LogP contribution is -2.25. The van der Waals surface area contributed by atoms with Crippen molar-refractivity contribution in [1.82, 2.24) is 15.3 Å². The first-order valence-electron chi connectivity index (χ1n) is 9.77. The first-order valence-corrected chi connectivity index (χ1v) is 9.77. The first-order chi connectivity index (χ1) is 14.6. The summed E-state index contributed by atoms with van der Waals surface area (Å²) in [6.07, 6.45) is 2.64. The second-order valence-corrected chi connectivity index (χ2v) is 6.68. The van der Waals surface area contributed by atoms with Gasteiger partial charge in [0.25, 0.3) is 0 Å². The number of hydrogen-bond donors (Lipinski definition) is 4. The maximum atomic E-state index is 13.5. The summed E-state index contributed by atoms with van der Waals surface area (Å²) in [6, 6.07) is 13.6. The van der Waals surface area contributed by atoms with Gasteiger partial charge in [0, 0.05) is 29.7 Å². The lowest BCUT2D eigenvalue weighted by Gasteiger charge is -2.14. The molecule has 0 bridgehead atoms. The van der Waals surface area contributed by atoms with Crippen molar-refractivity contribution >= 4 is 29.0 Å². The molecule has 1 aromatic heterocycles. The Balaban J connectivity index is 1.89. The minimum atomic E-state index is -0.335. The molecule has 0 unspecified atom stereocenters. The molecule has 1 heterocycles. The van der Waals surface area contributed by atoms with E-state index in [4.69, 9.17) is 0 Å². The van der Waals surface area contributed by atoms with E-state index in [1.807, 2.05) is 24.3 Å². The van der Waals surface area contributed by atoms with Gasteiger partial charge in [-0.15, -0.1) is 0 Å². The predicted octanol–water partition coefficient (Wildman–Crippen LogP) is 4.01. The number of amides is 1. The van der Waals surface area contributed by atoms with Gasteiger partial charge >= 0.3 is 0 Å². The van der Waals surface area contributed by atoms with Gasteiger partial charge in [-0.3, -0.25) is 4.79 Å². The van der Waals surface area contributed by atoms with Crippen molar-refractivity contribution < 1.29 is 9.18 Å². The number of carbonyl (C=O) groups excluding carboxylic acids is 1. The minimum Gasteiger partial charge on any atom is -0.369 e. The van der Waals surface area contributed by atoms with Gasteiger partial charge in [-0.25, -0.2) is 9.37 Å². The lowest BCUT2D eigenvalue weighted by molar-refractivity contribution is -0.115. The van der Waals surface area contributed by atoms with Crippen LogP contribution in [0.3, 0.4) is 0 Å². The Morgan fingerprint density at radius 2 is 1.90 bits per heavy atom. The Hall–Kier alpha value is -3.52. The molecule has 30 heavy (non-hydrogen) atoms.